The number of hydrogen-bond acceptors (Lipinski definition) is 7. The summed E-state index contributed by atoms with van der Waals surface area (Å²) < 4.78 is 16.4. The van der Waals surface area contributed by atoms with Gasteiger partial charge in [-0.05, 0) is 48.7 Å². The summed E-state index contributed by atoms with van der Waals surface area (Å²) in [6.07, 6.45) is 3.41. The van der Waals surface area contributed by atoms with E-state index in [9.17, 15) is 9.59 Å². The van der Waals surface area contributed by atoms with Crippen LogP contribution in [-0.2, 0) is 14.3 Å². The van der Waals surface area contributed by atoms with E-state index in [1.165, 1.54) is 0 Å². The summed E-state index contributed by atoms with van der Waals surface area (Å²) in [4.78, 5) is 31.4. The zero-order valence-electron chi connectivity index (χ0n) is 22.9. The summed E-state index contributed by atoms with van der Waals surface area (Å²) in [7, 11) is 3.27. The summed E-state index contributed by atoms with van der Waals surface area (Å²) in [5, 5.41) is 6.39. The van der Waals surface area contributed by atoms with Crippen molar-refractivity contribution in [3.8, 4) is 11.5 Å². The van der Waals surface area contributed by atoms with Gasteiger partial charge in [-0.25, -0.2) is 5.01 Å². The SMILES string of the molecule is COc1ccc(C2=NN(C(=O)CN(CCN3CCOCC3)C(=O)C3CCC3)[C@H](c3ccccc3OC)C2)cc1. The van der Waals surface area contributed by atoms with Gasteiger partial charge in [0.15, 0.2) is 0 Å². The number of morpholine rings is 1. The molecule has 2 fully saturated rings. The van der Waals surface area contributed by atoms with Gasteiger partial charge in [0.25, 0.3) is 5.91 Å². The van der Waals surface area contributed by atoms with Gasteiger partial charge in [0.2, 0.25) is 5.91 Å². The first kappa shape index (κ1) is 27.1. The Kier molecular flexibility index (Phi) is 8.78. The Hall–Kier alpha value is -3.43. The molecule has 5 rings (SSSR count). The quantitative estimate of drug-likeness (QED) is 0.465. The fourth-order valence-corrected chi connectivity index (χ4v) is 5.39. The molecule has 0 unspecified atom stereocenters. The van der Waals surface area contributed by atoms with Crippen LogP contribution in [0.15, 0.2) is 53.6 Å². The highest BCUT2D eigenvalue weighted by atomic mass is 16.5. The first-order chi connectivity index (χ1) is 19.1. The maximum atomic E-state index is 13.9. The lowest BCUT2D eigenvalue weighted by Crippen LogP contribution is -2.49. The topological polar surface area (TPSA) is 83.9 Å². The predicted molar refractivity (Wildman–Crippen MR) is 148 cm³/mol. The lowest BCUT2D eigenvalue weighted by atomic mass is 9.84. The molecule has 2 aliphatic heterocycles. The second-order valence-corrected chi connectivity index (χ2v) is 10.3. The van der Waals surface area contributed by atoms with Gasteiger partial charge < -0.3 is 19.1 Å². The molecule has 2 heterocycles. The molecule has 208 valence electrons. The van der Waals surface area contributed by atoms with E-state index in [2.05, 4.69) is 4.90 Å². The standard InChI is InChI=1S/C30H38N4O5/c1-37-24-12-10-22(11-13-24)26-20-27(25-8-3-4-9-28(25)38-2)34(31-26)29(35)21-33(30(36)23-6-5-7-23)15-14-32-16-18-39-19-17-32/h3-4,8-13,23,27H,5-7,14-21H2,1-2H3/t27-/m0/s1. The molecule has 1 aliphatic carbocycles. The summed E-state index contributed by atoms with van der Waals surface area (Å²) in [5.74, 6) is 1.38. The first-order valence-electron chi connectivity index (χ1n) is 13.8. The van der Waals surface area contributed by atoms with Crippen molar-refractivity contribution in [3.63, 3.8) is 0 Å². The summed E-state index contributed by atoms with van der Waals surface area (Å²) in [6.45, 7) is 4.34. The van der Waals surface area contributed by atoms with Gasteiger partial charge in [-0.3, -0.25) is 14.5 Å². The van der Waals surface area contributed by atoms with Crippen molar-refractivity contribution in [2.24, 2.45) is 11.0 Å². The lowest BCUT2D eigenvalue weighted by Gasteiger charge is -2.34. The van der Waals surface area contributed by atoms with Crippen molar-refractivity contribution in [3.05, 3.63) is 59.7 Å². The molecule has 2 aromatic rings. The monoisotopic (exact) mass is 534 g/mol. The molecule has 0 spiro atoms. The molecular weight excluding hydrogens is 496 g/mol. The van der Waals surface area contributed by atoms with Crippen LogP contribution in [0, 0.1) is 5.92 Å². The summed E-state index contributed by atoms with van der Waals surface area (Å²) >= 11 is 0. The number of ether oxygens (including phenoxy) is 3. The van der Waals surface area contributed by atoms with Crippen LogP contribution < -0.4 is 9.47 Å². The molecule has 1 atom stereocenters. The maximum absolute atomic E-state index is 13.9. The molecule has 39 heavy (non-hydrogen) atoms. The van der Waals surface area contributed by atoms with Crippen molar-refractivity contribution < 1.29 is 23.8 Å². The molecule has 9 heteroatoms. The first-order valence-corrected chi connectivity index (χ1v) is 13.8. The number of carbonyl (C=O) groups excluding carboxylic acids is 2. The van der Waals surface area contributed by atoms with Gasteiger partial charge in [-0.1, -0.05) is 24.6 Å². The number of benzene rings is 2. The van der Waals surface area contributed by atoms with Crippen LogP contribution in [0.5, 0.6) is 11.5 Å². The number of carbonyl (C=O) groups is 2. The third-order valence-electron chi connectivity index (χ3n) is 7.97. The van der Waals surface area contributed by atoms with Crippen LogP contribution in [0.1, 0.15) is 42.9 Å². The maximum Gasteiger partial charge on any atom is 0.262 e. The molecule has 9 nitrogen and oxygen atoms in total. The number of rotatable bonds is 10. The predicted octanol–water partition coefficient (Wildman–Crippen LogP) is 3.34. The molecule has 2 aromatic carbocycles. The average molecular weight is 535 g/mol. The second-order valence-electron chi connectivity index (χ2n) is 10.3. The zero-order valence-corrected chi connectivity index (χ0v) is 22.9. The molecule has 0 N–H and O–H groups in total. The van der Waals surface area contributed by atoms with E-state index in [1.807, 2.05) is 48.5 Å². The number of hydrogen-bond donors (Lipinski definition) is 0. The molecule has 0 aromatic heterocycles. The van der Waals surface area contributed by atoms with Crippen molar-refractivity contribution in [1.82, 2.24) is 14.8 Å². The molecule has 2 amide bonds. The van der Waals surface area contributed by atoms with Gasteiger partial charge in [0.05, 0.1) is 39.2 Å². The van der Waals surface area contributed by atoms with Crippen LogP contribution >= 0.6 is 0 Å². The van der Waals surface area contributed by atoms with Crippen molar-refractivity contribution in [2.75, 3.05) is 60.2 Å². The number of hydrazone groups is 1. The van der Waals surface area contributed by atoms with Gasteiger partial charge >= 0.3 is 0 Å². The summed E-state index contributed by atoms with van der Waals surface area (Å²) in [5.41, 5.74) is 2.64. The van der Waals surface area contributed by atoms with Gasteiger partial charge in [-0.2, -0.15) is 5.10 Å². The Labute approximate surface area is 230 Å². The fraction of sp³-hybridized carbons (Fsp3) is 0.500. The van der Waals surface area contributed by atoms with E-state index in [0.29, 0.717) is 31.9 Å². The van der Waals surface area contributed by atoms with Crippen LogP contribution in [0.25, 0.3) is 0 Å². The zero-order chi connectivity index (χ0) is 27.2. The van der Waals surface area contributed by atoms with Crippen molar-refractivity contribution in [1.29, 1.82) is 0 Å². The highest BCUT2D eigenvalue weighted by molar-refractivity contribution is 6.03. The molecule has 1 saturated carbocycles. The Morgan fingerprint density at radius 2 is 1.77 bits per heavy atom. The minimum absolute atomic E-state index is 0.00468. The van der Waals surface area contributed by atoms with Gasteiger partial charge in [0.1, 0.15) is 18.0 Å². The Balaban J connectivity index is 1.39. The third kappa shape index (κ3) is 6.25. The van der Waals surface area contributed by atoms with Crippen LogP contribution in [-0.4, -0.2) is 92.5 Å². The smallest absolute Gasteiger partial charge is 0.262 e. The average Bonchev–Trinajstić information content (AvgIpc) is 3.40. The normalized spacial score (nSPS) is 19.8. The van der Waals surface area contributed by atoms with E-state index in [1.54, 1.807) is 24.1 Å². The number of para-hydroxylation sites is 1. The molecule has 0 bridgehead atoms. The van der Waals surface area contributed by atoms with E-state index in [4.69, 9.17) is 19.3 Å². The van der Waals surface area contributed by atoms with Crippen molar-refractivity contribution in [2.45, 2.75) is 31.7 Å². The Bertz CT molecular complexity index is 1170. The minimum Gasteiger partial charge on any atom is -0.497 e. The number of methoxy groups -OCH3 is 2. The molecule has 3 aliphatic rings. The van der Waals surface area contributed by atoms with E-state index in [-0.39, 0.29) is 30.3 Å². The van der Waals surface area contributed by atoms with E-state index < -0.39 is 0 Å². The van der Waals surface area contributed by atoms with Crippen LogP contribution in [0.2, 0.25) is 0 Å². The number of amides is 2. The van der Waals surface area contributed by atoms with Gasteiger partial charge in [0, 0.05) is 44.1 Å². The summed E-state index contributed by atoms with van der Waals surface area (Å²) in [6, 6.07) is 15.1. The van der Waals surface area contributed by atoms with Crippen LogP contribution in [0.3, 0.4) is 0 Å². The highest BCUT2D eigenvalue weighted by Crippen LogP contribution is 2.38. The molecular formula is C30H38N4O5. The van der Waals surface area contributed by atoms with E-state index in [0.717, 1.165) is 61.5 Å². The number of nitrogens with zero attached hydrogens (tertiary/aromatic N) is 4. The fourth-order valence-electron chi connectivity index (χ4n) is 5.39. The highest BCUT2D eigenvalue weighted by Gasteiger charge is 2.37. The van der Waals surface area contributed by atoms with Crippen molar-refractivity contribution >= 4 is 17.5 Å². The van der Waals surface area contributed by atoms with E-state index >= 15 is 0 Å². The second kappa shape index (κ2) is 12.6. The third-order valence-corrected chi connectivity index (χ3v) is 7.97. The molecule has 0 radical (unpaired) electrons. The Morgan fingerprint density at radius 1 is 1.03 bits per heavy atom. The Morgan fingerprint density at radius 3 is 2.44 bits per heavy atom. The minimum atomic E-state index is -0.328. The van der Waals surface area contributed by atoms with Crippen LogP contribution in [0.4, 0.5) is 0 Å². The molecule has 1 saturated heterocycles. The largest absolute Gasteiger partial charge is 0.497 e. The van der Waals surface area contributed by atoms with Gasteiger partial charge in [-0.15, -0.1) is 0 Å². The lowest BCUT2D eigenvalue weighted by molar-refractivity contribution is -0.145.